The second kappa shape index (κ2) is 5.80. The van der Waals surface area contributed by atoms with Crippen LogP contribution in [0.25, 0.3) is 0 Å². The van der Waals surface area contributed by atoms with E-state index in [0.717, 1.165) is 43.9 Å². The molecule has 1 aromatic rings. The first kappa shape index (κ1) is 12.8. The summed E-state index contributed by atoms with van der Waals surface area (Å²) in [7, 11) is 0. The van der Waals surface area contributed by atoms with Gasteiger partial charge >= 0.3 is 0 Å². The molecule has 5 nitrogen and oxygen atoms in total. The molecule has 1 N–H and O–H groups in total. The zero-order valence-electron chi connectivity index (χ0n) is 11.0. The van der Waals surface area contributed by atoms with Crippen LogP contribution in [0.2, 0.25) is 0 Å². The van der Waals surface area contributed by atoms with Crippen LogP contribution in [0.5, 0.6) is 0 Å². The predicted octanol–water partition coefficient (Wildman–Crippen LogP) is 1.71. The van der Waals surface area contributed by atoms with Crippen LogP contribution in [-0.4, -0.2) is 39.9 Å². The first-order valence-electron chi connectivity index (χ1n) is 6.52. The summed E-state index contributed by atoms with van der Waals surface area (Å²) >= 11 is 0. The Morgan fingerprint density at radius 1 is 1.61 bits per heavy atom. The summed E-state index contributed by atoms with van der Waals surface area (Å²) in [5, 5.41) is 3.40. The molecule has 18 heavy (non-hydrogen) atoms. The summed E-state index contributed by atoms with van der Waals surface area (Å²) in [6.45, 7) is 5.34. The van der Waals surface area contributed by atoms with Gasteiger partial charge in [0, 0.05) is 39.2 Å². The lowest BCUT2D eigenvalue weighted by Crippen LogP contribution is -2.44. The van der Waals surface area contributed by atoms with E-state index < -0.39 is 0 Å². The summed E-state index contributed by atoms with van der Waals surface area (Å²) in [4.78, 5) is 21.7. The Morgan fingerprint density at radius 3 is 3.17 bits per heavy atom. The molecule has 100 valence electrons. The van der Waals surface area contributed by atoms with Gasteiger partial charge in [-0.1, -0.05) is 6.92 Å². The van der Waals surface area contributed by atoms with E-state index in [0.29, 0.717) is 6.04 Å². The Hall–Kier alpha value is -1.65. The first-order chi connectivity index (χ1) is 8.69. The van der Waals surface area contributed by atoms with Crippen molar-refractivity contribution < 1.29 is 6.22 Å². The SMILES string of the molecule is CCc1cc(N[C@H]2CCCN(C(C)=O)C2)ncn1.[HH]. The van der Waals surface area contributed by atoms with Gasteiger partial charge in [0.05, 0.1) is 0 Å². The molecular weight excluding hydrogens is 228 g/mol. The van der Waals surface area contributed by atoms with Crippen molar-refractivity contribution in [3.8, 4) is 0 Å². The number of piperidine rings is 1. The van der Waals surface area contributed by atoms with Gasteiger partial charge in [-0.2, -0.15) is 0 Å². The Bertz CT molecular complexity index is 427. The third-order valence-electron chi connectivity index (χ3n) is 3.30. The second-order valence-electron chi connectivity index (χ2n) is 4.70. The van der Waals surface area contributed by atoms with Crippen molar-refractivity contribution in [3.05, 3.63) is 18.1 Å². The maximum atomic E-state index is 11.4. The highest BCUT2D eigenvalue weighted by Gasteiger charge is 2.21. The van der Waals surface area contributed by atoms with Crippen molar-refractivity contribution in [1.29, 1.82) is 0 Å². The van der Waals surface area contributed by atoms with Crippen molar-refractivity contribution in [3.63, 3.8) is 0 Å². The van der Waals surface area contributed by atoms with E-state index in [1.807, 2.05) is 11.0 Å². The number of nitrogens with zero attached hydrogens (tertiary/aromatic N) is 3. The maximum absolute atomic E-state index is 11.4. The normalized spacial score (nSPS) is 19.7. The standard InChI is InChI=1S/C13H20N4O.H2/c1-3-11-7-13(15-9-14-11)16-12-5-4-6-17(8-12)10(2)18;/h7,9,12H,3-6,8H2,1-2H3,(H,14,15,16);1H/t12-;/m0./s1. The Kier molecular flexibility index (Phi) is 4.12. The van der Waals surface area contributed by atoms with E-state index in [4.69, 9.17) is 0 Å². The molecule has 2 rings (SSSR count). The Balaban J connectivity index is 0.00000180. The quantitative estimate of drug-likeness (QED) is 0.887. The molecule has 1 fully saturated rings. The molecule has 1 saturated heterocycles. The van der Waals surface area contributed by atoms with Gasteiger partial charge in [0.15, 0.2) is 0 Å². The van der Waals surface area contributed by atoms with Gasteiger partial charge in [0.25, 0.3) is 0 Å². The Morgan fingerprint density at radius 2 is 2.44 bits per heavy atom. The second-order valence-corrected chi connectivity index (χ2v) is 4.70. The lowest BCUT2D eigenvalue weighted by atomic mass is 10.1. The number of hydrogen-bond acceptors (Lipinski definition) is 4. The van der Waals surface area contributed by atoms with Gasteiger partial charge in [-0.3, -0.25) is 4.79 Å². The van der Waals surface area contributed by atoms with Crippen LogP contribution in [0.1, 0.15) is 33.8 Å². The molecule has 5 heteroatoms. The van der Waals surface area contributed by atoms with E-state index in [-0.39, 0.29) is 7.33 Å². The molecule has 0 unspecified atom stereocenters. The van der Waals surface area contributed by atoms with Crippen LogP contribution < -0.4 is 5.32 Å². The number of aromatic nitrogens is 2. The van der Waals surface area contributed by atoms with Crippen LogP contribution in [0.4, 0.5) is 5.82 Å². The molecule has 1 atom stereocenters. The minimum absolute atomic E-state index is 0. The zero-order valence-corrected chi connectivity index (χ0v) is 11.0. The number of rotatable bonds is 3. The van der Waals surface area contributed by atoms with Gasteiger partial charge in [0.1, 0.15) is 12.1 Å². The van der Waals surface area contributed by atoms with E-state index >= 15 is 0 Å². The van der Waals surface area contributed by atoms with Crippen molar-refractivity contribution >= 4 is 11.7 Å². The van der Waals surface area contributed by atoms with Crippen LogP contribution >= 0.6 is 0 Å². The van der Waals surface area contributed by atoms with Crippen molar-refractivity contribution in [2.45, 2.75) is 39.2 Å². The fourth-order valence-corrected chi connectivity index (χ4v) is 2.26. The molecule has 0 aliphatic carbocycles. The molecule has 1 aliphatic heterocycles. The maximum Gasteiger partial charge on any atom is 0.219 e. The van der Waals surface area contributed by atoms with E-state index in [1.54, 1.807) is 13.3 Å². The number of amides is 1. The molecule has 1 aromatic heterocycles. The van der Waals surface area contributed by atoms with E-state index in [2.05, 4.69) is 22.2 Å². The summed E-state index contributed by atoms with van der Waals surface area (Å²) in [6.07, 6.45) is 4.62. The van der Waals surface area contributed by atoms with Gasteiger partial charge in [-0.15, -0.1) is 0 Å². The number of hydrogen-bond donors (Lipinski definition) is 1. The average Bonchev–Trinajstić information content (AvgIpc) is 2.39. The lowest BCUT2D eigenvalue weighted by Gasteiger charge is -2.32. The highest BCUT2D eigenvalue weighted by atomic mass is 16.2. The van der Waals surface area contributed by atoms with Crippen LogP contribution in [-0.2, 0) is 11.2 Å². The van der Waals surface area contributed by atoms with Crippen molar-refractivity contribution in [2.24, 2.45) is 0 Å². The molecule has 2 heterocycles. The first-order valence-corrected chi connectivity index (χ1v) is 6.52. The lowest BCUT2D eigenvalue weighted by molar-refractivity contribution is -0.129. The minimum Gasteiger partial charge on any atom is -0.365 e. The minimum atomic E-state index is 0. The van der Waals surface area contributed by atoms with E-state index in [1.165, 1.54) is 0 Å². The number of likely N-dealkylation sites (tertiary alicyclic amines) is 1. The van der Waals surface area contributed by atoms with Crippen LogP contribution in [0.15, 0.2) is 12.4 Å². The average molecular weight is 250 g/mol. The van der Waals surface area contributed by atoms with Gasteiger partial charge in [-0.25, -0.2) is 9.97 Å². The van der Waals surface area contributed by atoms with Gasteiger partial charge in [-0.05, 0) is 19.3 Å². The third-order valence-corrected chi connectivity index (χ3v) is 3.30. The largest absolute Gasteiger partial charge is 0.365 e. The van der Waals surface area contributed by atoms with Crippen LogP contribution in [0, 0.1) is 0 Å². The van der Waals surface area contributed by atoms with Gasteiger partial charge in [0.2, 0.25) is 5.91 Å². The number of carbonyl (C=O) groups is 1. The topological polar surface area (TPSA) is 58.1 Å². The smallest absolute Gasteiger partial charge is 0.219 e. The summed E-state index contributed by atoms with van der Waals surface area (Å²) in [6, 6.07) is 2.27. The fraction of sp³-hybridized carbons (Fsp3) is 0.615. The van der Waals surface area contributed by atoms with Crippen molar-refractivity contribution in [1.82, 2.24) is 14.9 Å². The zero-order chi connectivity index (χ0) is 13.0. The highest BCUT2D eigenvalue weighted by molar-refractivity contribution is 5.73. The highest BCUT2D eigenvalue weighted by Crippen LogP contribution is 2.15. The van der Waals surface area contributed by atoms with Crippen LogP contribution in [0.3, 0.4) is 0 Å². The molecular formula is C13H22N4O. The molecule has 0 saturated carbocycles. The number of aryl methyl sites for hydroxylation is 1. The third kappa shape index (κ3) is 3.18. The summed E-state index contributed by atoms with van der Waals surface area (Å²) in [5.74, 6) is 1.01. The molecule has 0 bridgehead atoms. The summed E-state index contributed by atoms with van der Waals surface area (Å²) in [5.41, 5.74) is 1.03. The van der Waals surface area contributed by atoms with Crippen molar-refractivity contribution in [2.75, 3.05) is 18.4 Å². The fourth-order valence-electron chi connectivity index (χ4n) is 2.26. The molecule has 0 aromatic carbocycles. The number of anilines is 1. The monoisotopic (exact) mass is 250 g/mol. The number of carbonyl (C=O) groups excluding carboxylic acids is 1. The predicted molar refractivity (Wildman–Crippen MR) is 72.4 cm³/mol. The van der Waals surface area contributed by atoms with E-state index in [9.17, 15) is 4.79 Å². The molecule has 0 spiro atoms. The molecule has 1 aliphatic rings. The summed E-state index contributed by atoms with van der Waals surface area (Å²) < 4.78 is 0. The molecule has 0 radical (unpaired) electrons. The van der Waals surface area contributed by atoms with Gasteiger partial charge < -0.3 is 10.2 Å². The Labute approximate surface area is 109 Å². The molecule has 1 amide bonds. The number of nitrogens with one attached hydrogen (secondary N) is 1.